The Balaban J connectivity index is 2.79. The molecule has 1 aromatic rings. The summed E-state index contributed by atoms with van der Waals surface area (Å²) in [7, 11) is 4.11. The Labute approximate surface area is 92.3 Å². The minimum Gasteiger partial charge on any atom is -0.323 e. The Morgan fingerprint density at radius 3 is 2.33 bits per heavy atom. The third kappa shape index (κ3) is 3.10. The van der Waals surface area contributed by atoms with E-state index in [-0.39, 0.29) is 0 Å². The summed E-state index contributed by atoms with van der Waals surface area (Å²) in [5, 5.41) is 0. The number of benzene rings is 1. The van der Waals surface area contributed by atoms with Crippen LogP contribution in [-0.2, 0) is 4.84 Å². The van der Waals surface area contributed by atoms with Gasteiger partial charge in [-0.1, -0.05) is 30.3 Å². The van der Waals surface area contributed by atoms with E-state index in [1.807, 2.05) is 19.1 Å². The Morgan fingerprint density at radius 2 is 1.80 bits per heavy atom. The van der Waals surface area contributed by atoms with Crippen molar-refractivity contribution in [1.82, 2.24) is 0 Å². The van der Waals surface area contributed by atoms with Gasteiger partial charge in [0.15, 0.2) is 0 Å². The number of allylic oxidation sites excluding steroid dienone is 1. The molecular formula is C13H20NO+. The summed E-state index contributed by atoms with van der Waals surface area (Å²) < 4.78 is 0.494. The molecule has 0 N–H and O–H groups in total. The average molecular weight is 206 g/mol. The van der Waals surface area contributed by atoms with Gasteiger partial charge < -0.3 is 4.84 Å². The standard InChI is InChI=1S/C13H20NO/c1-5-11-15-14(3,4)12(2)13-9-7-6-8-10-13/h5-12H,1-4H3/q+1. The first-order valence-corrected chi connectivity index (χ1v) is 5.26. The fourth-order valence-corrected chi connectivity index (χ4v) is 1.40. The van der Waals surface area contributed by atoms with Crippen molar-refractivity contribution in [2.75, 3.05) is 14.1 Å². The molecule has 0 fully saturated rings. The van der Waals surface area contributed by atoms with Gasteiger partial charge in [-0.3, -0.25) is 0 Å². The Hall–Kier alpha value is -1.28. The smallest absolute Gasteiger partial charge is 0.150 e. The van der Waals surface area contributed by atoms with Crippen molar-refractivity contribution < 1.29 is 9.48 Å². The third-order valence-electron chi connectivity index (χ3n) is 2.68. The highest BCUT2D eigenvalue weighted by molar-refractivity contribution is 5.16. The monoisotopic (exact) mass is 206 g/mol. The lowest BCUT2D eigenvalue weighted by Crippen LogP contribution is -2.40. The second-order valence-electron chi connectivity index (χ2n) is 4.10. The maximum absolute atomic E-state index is 5.65. The average Bonchev–Trinajstić information content (AvgIpc) is 2.26. The zero-order valence-electron chi connectivity index (χ0n) is 9.97. The van der Waals surface area contributed by atoms with E-state index in [9.17, 15) is 0 Å². The second-order valence-corrected chi connectivity index (χ2v) is 4.10. The molecule has 1 rings (SSSR count). The van der Waals surface area contributed by atoms with E-state index in [0.717, 1.165) is 0 Å². The first-order valence-electron chi connectivity index (χ1n) is 5.26. The van der Waals surface area contributed by atoms with Crippen LogP contribution in [0.4, 0.5) is 0 Å². The van der Waals surface area contributed by atoms with Crippen molar-refractivity contribution in [3.8, 4) is 0 Å². The van der Waals surface area contributed by atoms with Crippen LogP contribution >= 0.6 is 0 Å². The highest BCUT2D eigenvalue weighted by atomic mass is 16.7. The van der Waals surface area contributed by atoms with Crippen molar-refractivity contribution in [1.29, 1.82) is 0 Å². The van der Waals surface area contributed by atoms with Crippen LogP contribution in [0.3, 0.4) is 0 Å². The molecule has 1 atom stereocenters. The predicted octanol–water partition coefficient (Wildman–Crippen LogP) is 3.29. The molecule has 0 spiro atoms. The van der Waals surface area contributed by atoms with Gasteiger partial charge in [-0.05, 0) is 19.9 Å². The fraction of sp³-hybridized carbons (Fsp3) is 0.385. The topological polar surface area (TPSA) is 9.23 Å². The van der Waals surface area contributed by atoms with Crippen LogP contribution in [0, 0.1) is 0 Å². The van der Waals surface area contributed by atoms with Gasteiger partial charge in [-0.25, -0.2) is 0 Å². The van der Waals surface area contributed by atoms with Crippen LogP contribution in [0.25, 0.3) is 0 Å². The summed E-state index contributed by atoms with van der Waals surface area (Å²) in [6, 6.07) is 10.7. The molecule has 1 aromatic carbocycles. The lowest BCUT2D eigenvalue weighted by molar-refractivity contribution is -1.09. The molecule has 0 aliphatic carbocycles. The maximum atomic E-state index is 5.65. The number of hydrogen-bond acceptors (Lipinski definition) is 1. The van der Waals surface area contributed by atoms with E-state index in [1.54, 1.807) is 6.26 Å². The van der Waals surface area contributed by atoms with Gasteiger partial charge in [-0.2, -0.15) is 0 Å². The normalized spacial score (nSPS) is 14.1. The molecule has 2 heteroatoms. The molecular weight excluding hydrogens is 186 g/mol. The first kappa shape index (κ1) is 11.8. The lowest BCUT2D eigenvalue weighted by atomic mass is 10.1. The summed E-state index contributed by atoms with van der Waals surface area (Å²) in [4.78, 5) is 5.65. The minimum atomic E-state index is 0.308. The van der Waals surface area contributed by atoms with Crippen LogP contribution in [0.2, 0.25) is 0 Å². The second kappa shape index (κ2) is 4.99. The van der Waals surface area contributed by atoms with E-state index >= 15 is 0 Å². The summed E-state index contributed by atoms with van der Waals surface area (Å²) in [6.45, 7) is 4.12. The summed E-state index contributed by atoms with van der Waals surface area (Å²) in [5.41, 5.74) is 1.28. The van der Waals surface area contributed by atoms with Gasteiger partial charge in [-0.15, -0.1) is 4.65 Å². The quantitative estimate of drug-likeness (QED) is 0.417. The number of quaternary nitrogens is 1. The molecule has 2 nitrogen and oxygen atoms in total. The maximum Gasteiger partial charge on any atom is 0.150 e. The molecule has 0 bridgehead atoms. The van der Waals surface area contributed by atoms with Gasteiger partial charge in [0.2, 0.25) is 0 Å². The molecule has 0 aliphatic heterocycles. The van der Waals surface area contributed by atoms with Crippen molar-refractivity contribution in [2.24, 2.45) is 0 Å². The van der Waals surface area contributed by atoms with Crippen LogP contribution in [0.1, 0.15) is 25.5 Å². The molecule has 1 unspecified atom stereocenters. The van der Waals surface area contributed by atoms with E-state index in [0.29, 0.717) is 10.7 Å². The molecule has 0 saturated carbocycles. The number of rotatable bonds is 4. The molecule has 82 valence electrons. The number of hydroxylamine groups is 3. The van der Waals surface area contributed by atoms with Crippen molar-refractivity contribution in [2.45, 2.75) is 19.9 Å². The molecule has 0 amide bonds. The number of nitrogens with zero attached hydrogens (tertiary/aromatic N) is 1. The zero-order valence-corrected chi connectivity index (χ0v) is 9.97. The van der Waals surface area contributed by atoms with Crippen LogP contribution in [0.15, 0.2) is 42.7 Å². The van der Waals surface area contributed by atoms with E-state index in [4.69, 9.17) is 4.84 Å². The van der Waals surface area contributed by atoms with Crippen LogP contribution < -0.4 is 0 Å². The molecule has 0 heterocycles. The largest absolute Gasteiger partial charge is 0.323 e. The fourth-order valence-electron chi connectivity index (χ4n) is 1.40. The third-order valence-corrected chi connectivity index (χ3v) is 2.68. The van der Waals surface area contributed by atoms with Gasteiger partial charge in [0.1, 0.15) is 26.4 Å². The van der Waals surface area contributed by atoms with Crippen LogP contribution in [-0.4, -0.2) is 18.7 Å². The van der Waals surface area contributed by atoms with Crippen molar-refractivity contribution in [3.05, 3.63) is 48.2 Å². The Bertz CT molecular complexity index is 317. The molecule has 0 radical (unpaired) electrons. The van der Waals surface area contributed by atoms with Gasteiger partial charge in [0.25, 0.3) is 0 Å². The highest BCUT2D eigenvalue weighted by Gasteiger charge is 2.27. The van der Waals surface area contributed by atoms with Crippen LogP contribution in [0.5, 0.6) is 0 Å². The molecule has 15 heavy (non-hydrogen) atoms. The Morgan fingerprint density at radius 1 is 1.20 bits per heavy atom. The number of hydrogen-bond donors (Lipinski definition) is 0. The van der Waals surface area contributed by atoms with Gasteiger partial charge in [0, 0.05) is 5.56 Å². The minimum absolute atomic E-state index is 0.308. The van der Waals surface area contributed by atoms with E-state index in [1.165, 1.54) is 5.56 Å². The summed E-state index contributed by atoms with van der Waals surface area (Å²) >= 11 is 0. The highest BCUT2D eigenvalue weighted by Crippen LogP contribution is 2.24. The van der Waals surface area contributed by atoms with Crippen molar-refractivity contribution >= 4 is 0 Å². The summed E-state index contributed by atoms with van der Waals surface area (Å²) in [6.07, 6.45) is 3.64. The SMILES string of the molecule is CC=CO[N+](C)(C)C(C)c1ccccc1. The summed E-state index contributed by atoms with van der Waals surface area (Å²) in [5.74, 6) is 0. The first-order chi connectivity index (χ1) is 7.08. The van der Waals surface area contributed by atoms with Crippen molar-refractivity contribution in [3.63, 3.8) is 0 Å². The predicted molar refractivity (Wildman–Crippen MR) is 62.9 cm³/mol. The van der Waals surface area contributed by atoms with E-state index < -0.39 is 0 Å². The van der Waals surface area contributed by atoms with Gasteiger partial charge in [0.05, 0.1) is 0 Å². The van der Waals surface area contributed by atoms with E-state index in [2.05, 4.69) is 45.3 Å². The Kier molecular flexibility index (Phi) is 3.92. The molecule has 0 aliphatic rings. The van der Waals surface area contributed by atoms with Gasteiger partial charge >= 0.3 is 0 Å². The zero-order chi connectivity index (χ0) is 11.3. The lowest BCUT2D eigenvalue weighted by Gasteiger charge is -2.32. The molecule has 0 aromatic heterocycles. The molecule has 0 saturated heterocycles.